The van der Waals surface area contributed by atoms with Crippen LogP contribution in [0.4, 0.5) is 0 Å². The topological polar surface area (TPSA) is 51.2 Å². The van der Waals surface area contributed by atoms with Crippen LogP contribution >= 0.6 is 22.6 Å². The van der Waals surface area contributed by atoms with Crippen LogP contribution < -0.4 is 10.1 Å². The maximum Gasteiger partial charge on any atom is 0.251 e. The summed E-state index contributed by atoms with van der Waals surface area (Å²) in [7, 11) is 0. The number of carbonyl (C=O) groups is 1. The number of pyridine rings is 1. The molecule has 4 nitrogen and oxygen atoms in total. The van der Waals surface area contributed by atoms with Crippen molar-refractivity contribution in [3.63, 3.8) is 0 Å². The Morgan fingerprint density at radius 1 is 1.21 bits per heavy atom. The molecule has 1 aliphatic carbocycles. The summed E-state index contributed by atoms with van der Waals surface area (Å²) in [6.45, 7) is 2.01. The van der Waals surface area contributed by atoms with Crippen LogP contribution in [0.1, 0.15) is 41.6 Å². The van der Waals surface area contributed by atoms with E-state index in [1.54, 1.807) is 0 Å². The predicted octanol–water partition coefficient (Wildman–Crippen LogP) is 4.11. The average Bonchev–Trinajstić information content (AvgIpc) is 2.59. The van der Waals surface area contributed by atoms with E-state index >= 15 is 0 Å². The van der Waals surface area contributed by atoms with Gasteiger partial charge in [0.05, 0.1) is 0 Å². The Kier molecular flexibility index (Phi) is 5.71. The fourth-order valence-corrected chi connectivity index (χ4v) is 3.46. The number of hydrogen-bond donors (Lipinski definition) is 1. The van der Waals surface area contributed by atoms with Gasteiger partial charge in [-0.2, -0.15) is 0 Å². The van der Waals surface area contributed by atoms with Crippen molar-refractivity contribution in [3.05, 3.63) is 57.3 Å². The summed E-state index contributed by atoms with van der Waals surface area (Å²) in [4.78, 5) is 16.6. The number of nitrogens with one attached hydrogen (secondary N) is 1. The molecule has 126 valence electrons. The fraction of sp³-hybridized carbons (Fsp3) is 0.368. The molecule has 0 radical (unpaired) electrons. The molecule has 0 bridgehead atoms. The Balaban J connectivity index is 1.48. The molecule has 0 saturated heterocycles. The number of amides is 1. The maximum absolute atomic E-state index is 12.3. The highest BCUT2D eigenvalue weighted by Gasteiger charge is 2.24. The van der Waals surface area contributed by atoms with Gasteiger partial charge in [0.15, 0.2) is 0 Å². The quantitative estimate of drug-likeness (QED) is 0.734. The van der Waals surface area contributed by atoms with E-state index in [2.05, 4.69) is 32.9 Å². The standard InChI is InChI=1S/C19H21IN2O2/c1-13-5-10-18(21-12-13)24-17-8-6-16(7-9-17)22-19(23)14-3-2-4-15(20)11-14/h2-5,10-12,16-17H,6-9H2,1H3,(H,22,23). The number of aryl methyl sites for hydroxylation is 1. The van der Waals surface area contributed by atoms with Crippen molar-refractivity contribution in [1.82, 2.24) is 10.3 Å². The molecule has 1 heterocycles. The lowest BCUT2D eigenvalue weighted by atomic mass is 9.92. The Morgan fingerprint density at radius 3 is 2.67 bits per heavy atom. The summed E-state index contributed by atoms with van der Waals surface area (Å²) in [5.41, 5.74) is 1.86. The van der Waals surface area contributed by atoms with Crippen molar-refractivity contribution < 1.29 is 9.53 Å². The van der Waals surface area contributed by atoms with E-state index in [-0.39, 0.29) is 18.1 Å². The SMILES string of the molecule is Cc1ccc(OC2CCC(NC(=O)c3cccc(I)c3)CC2)nc1. The van der Waals surface area contributed by atoms with Gasteiger partial charge in [0.2, 0.25) is 5.88 Å². The summed E-state index contributed by atoms with van der Waals surface area (Å²) in [6, 6.07) is 11.8. The summed E-state index contributed by atoms with van der Waals surface area (Å²) >= 11 is 2.22. The molecule has 1 aromatic heterocycles. The van der Waals surface area contributed by atoms with Gasteiger partial charge in [-0.1, -0.05) is 12.1 Å². The van der Waals surface area contributed by atoms with Crippen LogP contribution in [0.25, 0.3) is 0 Å². The molecule has 2 aromatic rings. The molecule has 0 unspecified atom stereocenters. The predicted molar refractivity (Wildman–Crippen MR) is 102 cm³/mol. The van der Waals surface area contributed by atoms with Crippen LogP contribution in [0, 0.1) is 10.5 Å². The third-order valence-electron chi connectivity index (χ3n) is 4.27. The molecule has 1 fully saturated rings. The molecule has 0 spiro atoms. The summed E-state index contributed by atoms with van der Waals surface area (Å²) in [5.74, 6) is 0.699. The van der Waals surface area contributed by atoms with E-state index in [0.717, 1.165) is 40.4 Å². The Bertz CT molecular complexity index is 695. The second-order valence-corrected chi connectivity index (χ2v) is 7.49. The molecule has 5 heteroatoms. The highest BCUT2D eigenvalue weighted by Crippen LogP contribution is 2.23. The number of hydrogen-bond acceptors (Lipinski definition) is 3. The molecule has 1 aromatic carbocycles. The number of rotatable bonds is 4. The minimum absolute atomic E-state index is 0.0121. The van der Waals surface area contributed by atoms with Crippen LogP contribution in [0.3, 0.4) is 0 Å². The van der Waals surface area contributed by atoms with Crippen molar-refractivity contribution in [2.45, 2.75) is 44.8 Å². The van der Waals surface area contributed by atoms with E-state index in [4.69, 9.17) is 4.74 Å². The summed E-state index contributed by atoms with van der Waals surface area (Å²) in [6.07, 6.45) is 5.76. The second-order valence-electron chi connectivity index (χ2n) is 6.25. The normalized spacial score (nSPS) is 20.4. The summed E-state index contributed by atoms with van der Waals surface area (Å²) in [5, 5.41) is 3.14. The van der Waals surface area contributed by atoms with Gasteiger partial charge in [-0.25, -0.2) is 4.98 Å². The number of halogens is 1. The molecule has 1 amide bonds. The first-order valence-electron chi connectivity index (χ1n) is 8.26. The monoisotopic (exact) mass is 436 g/mol. The molecule has 0 aliphatic heterocycles. The first-order chi connectivity index (χ1) is 11.6. The first-order valence-corrected chi connectivity index (χ1v) is 9.34. The molecule has 1 N–H and O–H groups in total. The first kappa shape index (κ1) is 17.2. The van der Waals surface area contributed by atoms with E-state index in [0.29, 0.717) is 5.88 Å². The highest BCUT2D eigenvalue weighted by atomic mass is 127. The molecular formula is C19H21IN2O2. The van der Waals surface area contributed by atoms with Gasteiger partial charge in [-0.05, 0) is 79.0 Å². The van der Waals surface area contributed by atoms with Gasteiger partial charge >= 0.3 is 0 Å². The van der Waals surface area contributed by atoms with Gasteiger partial charge in [-0.3, -0.25) is 4.79 Å². The Hall–Kier alpha value is -1.63. The van der Waals surface area contributed by atoms with E-state index in [1.165, 1.54) is 0 Å². The van der Waals surface area contributed by atoms with Crippen LogP contribution in [0.15, 0.2) is 42.6 Å². The number of aromatic nitrogens is 1. The lowest BCUT2D eigenvalue weighted by molar-refractivity contribution is 0.0890. The zero-order chi connectivity index (χ0) is 16.9. The van der Waals surface area contributed by atoms with Crippen molar-refractivity contribution >= 4 is 28.5 Å². The minimum atomic E-state index is 0.0121. The largest absolute Gasteiger partial charge is 0.474 e. The molecule has 1 saturated carbocycles. The number of ether oxygens (including phenoxy) is 1. The van der Waals surface area contributed by atoms with Crippen LogP contribution in [-0.2, 0) is 0 Å². The van der Waals surface area contributed by atoms with Crippen LogP contribution in [0.5, 0.6) is 5.88 Å². The maximum atomic E-state index is 12.3. The van der Waals surface area contributed by atoms with Gasteiger partial charge in [0, 0.05) is 27.4 Å². The second kappa shape index (κ2) is 7.96. The van der Waals surface area contributed by atoms with Gasteiger partial charge in [0.25, 0.3) is 5.91 Å². The summed E-state index contributed by atoms with van der Waals surface area (Å²) < 4.78 is 7.01. The van der Waals surface area contributed by atoms with Gasteiger partial charge in [0.1, 0.15) is 6.10 Å². The van der Waals surface area contributed by atoms with Crippen LogP contribution in [-0.4, -0.2) is 23.0 Å². The number of carbonyl (C=O) groups excluding carboxylic acids is 1. The number of nitrogens with zero attached hydrogens (tertiary/aromatic N) is 1. The number of benzene rings is 1. The lowest BCUT2D eigenvalue weighted by Gasteiger charge is -2.29. The molecule has 1 aliphatic rings. The van der Waals surface area contributed by atoms with Crippen LogP contribution in [0.2, 0.25) is 0 Å². The lowest BCUT2D eigenvalue weighted by Crippen LogP contribution is -2.39. The van der Waals surface area contributed by atoms with Gasteiger partial charge in [-0.15, -0.1) is 0 Å². The minimum Gasteiger partial charge on any atom is -0.474 e. The van der Waals surface area contributed by atoms with Crippen molar-refractivity contribution in [2.24, 2.45) is 0 Å². The zero-order valence-corrected chi connectivity index (χ0v) is 15.8. The fourth-order valence-electron chi connectivity index (χ4n) is 2.92. The zero-order valence-electron chi connectivity index (χ0n) is 13.7. The van der Waals surface area contributed by atoms with E-state index in [1.807, 2.05) is 49.5 Å². The molecule has 0 atom stereocenters. The average molecular weight is 436 g/mol. The molecule has 24 heavy (non-hydrogen) atoms. The third-order valence-corrected chi connectivity index (χ3v) is 4.94. The smallest absolute Gasteiger partial charge is 0.251 e. The van der Waals surface area contributed by atoms with Crippen molar-refractivity contribution in [3.8, 4) is 5.88 Å². The Labute approximate surface area is 156 Å². The van der Waals surface area contributed by atoms with E-state index < -0.39 is 0 Å². The highest BCUT2D eigenvalue weighted by molar-refractivity contribution is 14.1. The van der Waals surface area contributed by atoms with E-state index in [9.17, 15) is 4.79 Å². The third kappa shape index (κ3) is 4.69. The Morgan fingerprint density at radius 2 is 2.00 bits per heavy atom. The van der Waals surface area contributed by atoms with Gasteiger partial charge < -0.3 is 10.1 Å². The van der Waals surface area contributed by atoms with Crippen molar-refractivity contribution in [2.75, 3.05) is 0 Å². The molecular weight excluding hydrogens is 415 g/mol. The van der Waals surface area contributed by atoms with Crippen molar-refractivity contribution in [1.29, 1.82) is 0 Å². The molecule has 3 rings (SSSR count).